The number of benzene rings is 3. The smallest absolute Gasteiger partial charge is 0.163 e. The number of fused-ring (bicyclic) bond motifs is 1. The van der Waals surface area contributed by atoms with E-state index in [2.05, 4.69) is 54.6 Å². The van der Waals surface area contributed by atoms with Crippen LogP contribution in [0.25, 0.3) is 0 Å². The van der Waals surface area contributed by atoms with Crippen LogP contribution in [0, 0.1) is 0 Å². The molecule has 0 atom stereocenters. The minimum atomic E-state index is -0.476. The average molecular weight is 316 g/mol. The van der Waals surface area contributed by atoms with Crippen LogP contribution in [0.3, 0.4) is 0 Å². The van der Waals surface area contributed by atoms with Gasteiger partial charge in [0.2, 0.25) is 0 Å². The molecule has 0 amide bonds. The SMILES string of the molecule is CCOc1ccc2c(c1)CC(c1ccccc1)(c1ccccc1)O2. The van der Waals surface area contributed by atoms with Crippen LogP contribution in [-0.4, -0.2) is 6.61 Å². The second-order valence-corrected chi connectivity index (χ2v) is 6.04. The fourth-order valence-corrected chi connectivity index (χ4v) is 3.45. The van der Waals surface area contributed by atoms with Crippen LogP contribution in [-0.2, 0) is 12.0 Å². The molecule has 2 nitrogen and oxygen atoms in total. The molecule has 0 spiro atoms. The first-order valence-electron chi connectivity index (χ1n) is 8.37. The molecule has 0 aliphatic carbocycles. The molecule has 0 N–H and O–H groups in total. The molecule has 0 aromatic heterocycles. The maximum Gasteiger partial charge on any atom is 0.163 e. The Hall–Kier alpha value is -2.74. The van der Waals surface area contributed by atoms with E-state index < -0.39 is 5.60 Å². The Balaban J connectivity index is 1.82. The summed E-state index contributed by atoms with van der Waals surface area (Å²) in [6.07, 6.45) is 0.803. The highest BCUT2D eigenvalue weighted by Gasteiger charge is 2.42. The quantitative estimate of drug-likeness (QED) is 0.677. The van der Waals surface area contributed by atoms with Crippen molar-refractivity contribution >= 4 is 0 Å². The third-order valence-corrected chi connectivity index (χ3v) is 4.55. The average Bonchev–Trinajstić information content (AvgIpc) is 3.04. The summed E-state index contributed by atoms with van der Waals surface area (Å²) in [4.78, 5) is 0. The first-order valence-corrected chi connectivity index (χ1v) is 8.37. The molecule has 4 rings (SSSR count). The molecule has 120 valence electrons. The van der Waals surface area contributed by atoms with Crippen molar-refractivity contribution in [3.8, 4) is 11.5 Å². The molecule has 3 aromatic rings. The molecule has 0 saturated heterocycles. The highest BCUT2D eigenvalue weighted by Crippen LogP contribution is 2.46. The Bertz CT molecular complexity index is 786. The molecule has 0 radical (unpaired) electrons. The van der Waals surface area contributed by atoms with Crippen molar-refractivity contribution in [1.29, 1.82) is 0 Å². The normalized spacial score (nSPS) is 14.7. The van der Waals surface area contributed by atoms with E-state index in [1.807, 2.05) is 31.2 Å². The zero-order valence-electron chi connectivity index (χ0n) is 13.7. The van der Waals surface area contributed by atoms with Gasteiger partial charge in [-0.05, 0) is 25.1 Å². The number of ether oxygens (including phenoxy) is 2. The van der Waals surface area contributed by atoms with Gasteiger partial charge in [-0.25, -0.2) is 0 Å². The lowest BCUT2D eigenvalue weighted by Crippen LogP contribution is -2.32. The van der Waals surface area contributed by atoms with E-state index in [-0.39, 0.29) is 0 Å². The van der Waals surface area contributed by atoms with Crippen molar-refractivity contribution in [2.75, 3.05) is 6.61 Å². The maximum absolute atomic E-state index is 6.54. The molecule has 1 heterocycles. The zero-order valence-corrected chi connectivity index (χ0v) is 13.7. The van der Waals surface area contributed by atoms with Gasteiger partial charge in [0.25, 0.3) is 0 Å². The third kappa shape index (κ3) is 2.44. The van der Waals surface area contributed by atoms with Gasteiger partial charge in [0, 0.05) is 23.1 Å². The molecule has 0 fully saturated rings. The summed E-state index contributed by atoms with van der Waals surface area (Å²) in [7, 11) is 0. The molecule has 24 heavy (non-hydrogen) atoms. The Morgan fingerprint density at radius 3 is 2.08 bits per heavy atom. The Morgan fingerprint density at radius 1 is 0.875 bits per heavy atom. The molecule has 1 aliphatic heterocycles. The van der Waals surface area contributed by atoms with Crippen LogP contribution in [0.4, 0.5) is 0 Å². The van der Waals surface area contributed by atoms with Crippen LogP contribution in [0.1, 0.15) is 23.6 Å². The Kier molecular flexibility index (Phi) is 3.73. The molecule has 3 aromatic carbocycles. The first-order chi connectivity index (χ1) is 11.8. The van der Waals surface area contributed by atoms with Crippen LogP contribution in [0.2, 0.25) is 0 Å². The lowest BCUT2D eigenvalue weighted by atomic mass is 9.83. The van der Waals surface area contributed by atoms with E-state index >= 15 is 0 Å². The lowest BCUT2D eigenvalue weighted by Gasteiger charge is -2.30. The van der Waals surface area contributed by atoms with Gasteiger partial charge in [-0.2, -0.15) is 0 Å². The van der Waals surface area contributed by atoms with E-state index in [1.54, 1.807) is 0 Å². The van der Waals surface area contributed by atoms with Gasteiger partial charge in [0.05, 0.1) is 6.61 Å². The topological polar surface area (TPSA) is 18.5 Å². The summed E-state index contributed by atoms with van der Waals surface area (Å²) in [6, 6.07) is 27.0. The zero-order chi connectivity index (χ0) is 16.4. The van der Waals surface area contributed by atoms with Gasteiger partial charge < -0.3 is 9.47 Å². The van der Waals surface area contributed by atoms with Crippen LogP contribution >= 0.6 is 0 Å². The molecule has 0 bridgehead atoms. The number of hydrogen-bond acceptors (Lipinski definition) is 2. The number of rotatable bonds is 4. The molecular weight excluding hydrogens is 296 g/mol. The van der Waals surface area contributed by atoms with Crippen LogP contribution in [0.5, 0.6) is 11.5 Å². The van der Waals surface area contributed by atoms with E-state index in [9.17, 15) is 0 Å². The summed E-state index contributed by atoms with van der Waals surface area (Å²) >= 11 is 0. The van der Waals surface area contributed by atoms with Crippen molar-refractivity contribution in [3.63, 3.8) is 0 Å². The molecule has 2 heteroatoms. The highest BCUT2D eigenvalue weighted by molar-refractivity contribution is 5.51. The Morgan fingerprint density at radius 2 is 1.50 bits per heavy atom. The summed E-state index contributed by atoms with van der Waals surface area (Å²) in [5.74, 6) is 1.84. The van der Waals surface area contributed by atoms with Crippen molar-refractivity contribution in [2.45, 2.75) is 18.9 Å². The van der Waals surface area contributed by atoms with Crippen molar-refractivity contribution in [3.05, 3.63) is 95.6 Å². The fraction of sp³-hybridized carbons (Fsp3) is 0.182. The molecule has 0 unspecified atom stereocenters. The van der Waals surface area contributed by atoms with Gasteiger partial charge in [-0.15, -0.1) is 0 Å². The van der Waals surface area contributed by atoms with Crippen molar-refractivity contribution < 1.29 is 9.47 Å². The minimum Gasteiger partial charge on any atom is -0.494 e. The van der Waals surface area contributed by atoms with Gasteiger partial charge >= 0.3 is 0 Å². The third-order valence-electron chi connectivity index (χ3n) is 4.55. The van der Waals surface area contributed by atoms with E-state index in [0.717, 1.165) is 17.9 Å². The van der Waals surface area contributed by atoms with E-state index in [1.165, 1.54) is 16.7 Å². The minimum absolute atomic E-state index is 0.476. The van der Waals surface area contributed by atoms with E-state index in [0.29, 0.717) is 6.61 Å². The summed E-state index contributed by atoms with van der Waals surface area (Å²) in [6.45, 7) is 2.67. The first kappa shape index (κ1) is 14.8. The largest absolute Gasteiger partial charge is 0.494 e. The molecule has 1 aliphatic rings. The standard InChI is InChI=1S/C22H20O2/c1-2-23-20-13-14-21-17(15-20)16-22(24-21,18-9-5-3-6-10-18)19-11-7-4-8-12-19/h3-15H,2,16H2,1H3. The molecule has 0 saturated carbocycles. The Labute approximate surface area is 142 Å². The lowest BCUT2D eigenvalue weighted by molar-refractivity contribution is 0.140. The van der Waals surface area contributed by atoms with Crippen LogP contribution < -0.4 is 9.47 Å². The maximum atomic E-state index is 6.54. The summed E-state index contributed by atoms with van der Waals surface area (Å²) in [5, 5.41) is 0. The van der Waals surface area contributed by atoms with Crippen LogP contribution in [0.15, 0.2) is 78.9 Å². The van der Waals surface area contributed by atoms with Gasteiger partial charge in [0.15, 0.2) is 5.60 Å². The fourth-order valence-electron chi connectivity index (χ4n) is 3.45. The highest BCUT2D eigenvalue weighted by atomic mass is 16.5. The number of hydrogen-bond donors (Lipinski definition) is 0. The molecular formula is C22H20O2. The second kappa shape index (κ2) is 6.04. The van der Waals surface area contributed by atoms with Gasteiger partial charge in [-0.1, -0.05) is 60.7 Å². The van der Waals surface area contributed by atoms with Gasteiger partial charge in [-0.3, -0.25) is 0 Å². The predicted molar refractivity (Wildman–Crippen MR) is 95.6 cm³/mol. The summed E-state index contributed by atoms with van der Waals surface area (Å²) < 4.78 is 12.2. The predicted octanol–water partition coefficient (Wildman–Crippen LogP) is 4.96. The monoisotopic (exact) mass is 316 g/mol. The summed E-state index contributed by atoms with van der Waals surface area (Å²) in [5.41, 5.74) is 3.06. The van der Waals surface area contributed by atoms with E-state index in [4.69, 9.17) is 9.47 Å². The second-order valence-electron chi connectivity index (χ2n) is 6.04. The van der Waals surface area contributed by atoms with Crippen molar-refractivity contribution in [2.24, 2.45) is 0 Å². The van der Waals surface area contributed by atoms with Gasteiger partial charge in [0.1, 0.15) is 11.5 Å². The van der Waals surface area contributed by atoms with Crippen molar-refractivity contribution in [1.82, 2.24) is 0 Å².